The van der Waals surface area contributed by atoms with E-state index in [2.05, 4.69) is 15.3 Å². The number of anilines is 1. The number of carbonyl (C=O) groups excluding carboxylic acids is 2. The Labute approximate surface area is 155 Å². The third-order valence-corrected chi connectivity index (χ3v) is 4.57. The highest BCUT2D eigenvalue weighted by molar-refractivity contribution is 6.35. The summed E-state index contributed by atoms with van der Waals surface area (Å²) in [5, 5.41) is 3.61. The van der Waals surface area contributed by atoms with Gasteiger partial charge in [-0.1, -0.05) is 23.2 Å². The summed E-state index contributed by atoms with van der Waals surface area (Å²) in [7, 11) is 0. The van der Waals surface area contributed by atoms with Crippen molar-refractivity contribution in [2.24, 2.45) is 0 Å². The Balaban J connectivity index is 1.76. The van der Waals surface area contributed by atoms with Gasteiger partial charge in [0.15, 0.2) is 0 Å². The third kappa shape index (κ3) is 3.91. The minimum absolute atomic E-state index is 0.228. The first-order valence-corrected chi connectivity index (χ1v) is 8.57. The quantitative estimate of drug-likeness (QED) is 0.888. The Morgan fingerprint density at radius 1 is 1.24 bits per heavy atom. The Bertz CT molecular complexity index is 811. The topological polar surface area (TPSA) is 75.2 Å². The number of aryl methyl sites for hydroxylation is 1. The second-order valence-corrected chi connectivity index (χ2v) is 6.66. The molecule has 1 aromatic carbocycles. The van der Waals surface area contributed by atoms with E-state index >= 15 is 0 Å². The van der Waals surface area contributed by atoms with Crippen molar-refractivity contribution in [2.75, 3.05) is 11.9 Å². The van der Waals surface area contributed by atoms with E-state index in [-0.39, 0.29) is 17.5 Å². The van der Waals surface area contributed by atoms with Crippen LogP contribution in [-0.4, -0.2) is 39.3 Å². The molecule has 2 amide bonds. The van der Waals surface area contributed by atoms with E-state index in [1.54, 1.807) is 25.1 Å². The third-order valence-electron chi connectivity index (χ3n) is 4.00. The summed E-state index contributed by atoms with van der Waals surface area (Å²) in [4.78, 5) is 35.0. The van der Waals surface area contributed by atoms with Crippen LogP contribution in [0.1, 0.15) is 29.0 Å². The zero-order valence-corrected chi connectivity index (χ0v) is 15.0. The maximum atomic E-state index is 12.6. The van der Waals surface area contributed by atoms with Gasteiger partial charge in [-0.05, 0) is 38.0 Å². The molecule has 1 atom stereocenters. The summed E-state index contributed by atoms with van der Waals surface area (Å²) in [6, 6.07) is 4.25. The van der Waals surface area contributed by atoms with Crippen molar-refractivity contribution < 1.29 is 9.59 Å². The van der Waals surface area contributed by atoms with Crippen molar-refractivity contribution in [1.82, 2.24) is 14.9 Å². The van der Waals surface area contributed by atoms with E-state index in [0.29, 0.717) is 28.7 Å². The largest absolute Gasteiger partial charge is 0.325 e. The maximum Gasteiger partial charge on any atom is 0.274 e. The molecule has 130 valence electrons. The number of amides is 2. The van der Waals surface area contributed by atoms with Crippen LogP contribution in [0.5, 0.6) is 0 Å². The van der Waals surface area contributed by atoms with Crippen molar-refractivity contribution >= 4 is 40.7 Å². The van der Waals surface area contributed by atoms with Crippen LogP contribution in [0.15, 0.2) is 30.6 Å². The van der Waals surface area contributed by atoms with Gasteiger partial charge in [-0.2, -0.15) is 0 Å². The molecule has 1 fully saturated rings. The molecule has 0 unspecified atom stereocenters. The van der Waals surface area contributed by atoms with Crippen LogP contribution < -0.4 is 5.32 Å². The van der Waals surface area contributed by atoms with Crippen LogP contribution in [0.3, 0.4) is 0 Å². The molecule has 1 aliphatic rings. The molecular formula is C17H16Cl2N4O2. The predicted molar refractivity (Wildman–Crippen MR) is 95.9 cm³/mol. The lowest BCUT2D eigenvalue weighted by Gasteiger charge is -2.23. The predicted octanol–water partition coefficient (Wildman–Crippen LogP) is 3.34. The van der Waals surface area contributed by atoms with E-state index in [0.717, 1.165) is 12.1 Å². The number of nitrogens with one attached hydrogen (secondary N) is 1. The fourth-order valence-corrected chi connectivity index (χ4v) is 3.08. The highest BCUT2D eigenvalue weighted by atomic mass is 35.5. The fraction of sp³-hybridized carbons (Fsp3) is 0.294. The monoisotopic (exact) mass is 378 g/mol. The lowest BCUT2D eigenvalue weighted by molar-refractivity contribution is -0.119. The van der Waals surface area contributed by atoms with Gasteiger partial charge in [0.1, 0.15) is 11.7 Å². The van der Waals surface area contributed by atoms with Crippen molar-refractivity contribution in [3.05, 3.63) is 52.0 Å². The Hall–Kier alpha value is -2.18. The normalized spacial score (nSPS) is 16.8. The molecule has 1 saturated heterocycles. The smallest absolute Gasteiger partial charge is 0.274 e. The number of carbonyl (C=O) groups is 2. The molecule has 0 aliphatic carbocycles. The molecule has 2 heterocycles. The van der Waals surface area contributed by atoms with Gasteiger partial charge >= 0.3 is 0 Å². The van der Waals surface area contributed by atoms with Crippen molar-refractivity contribution in [3.63, 3.8) is 0 Å². The molecule has 6 nitrogen and oxygen atoms in total. The SMILES string of the molecule is Cc1cnc(C(=O)N2CCC[C@@H]2C(=O)Nc2cc(Cl)ccc2Cl)cn1. The minimum atomic E-state index is -0.578. The zero-order valence-electron chi connectivity index (χ0n) is 13.5. The van der Waals surface area contributed by atoms with Crippen LogP contribution in [0, 0.1) is 6.92 Å². The van der Waals surface area contributed by atoms with Crippen molar-refractivity contribution in [3.8, 4) is 0 Å². The number of hydrogen-bond donors (Lipinski definition) is 1. The molecule has 25 heavy (non-hydrogen) atoms. The fourth-order valence-electron chi connectivity index (χ4n) is 2.74. The first kappa shape index (κ1) is 17.6. The minimum Gasteiger partial charge on any atom is -0.325 e. The average molecular weight is 379 g/mol. The number of benzene rings is 1. The summed E-state index contributed by atoms with van der Waals surface area (Å²) in [5.41, 5.74) is 1.38. The van der Waals surface area contributed by atoms with Crippen LogP contribution in [0.25, 0.3) is 0 Å². The highest BCUT2D eigenvalue weighted by Crippen LogP contribution is 2.27. The molecule has 1 N–H and O–H groups in total. The summed E-state index contributed by atoms with van der Waals surface area (Å²) in [6.45, 7) is 2.29. The average Bonchev–Trinajstić information content (AvgIpc) is 3.08. The lowest BCUT2D eigenvalue weighted by atomic mass is 10.2. The maximum absolute atomic E-state index is 12.6. The zero-order chi connectivity index (χ0) is 18.0. The molecule has 0 spiro atoms. The standard InChI is InChI=1S/C17H16Cl2N4O2/c1-10-8-21-14(9-20-10)17(25)23-6-2-3-15(23)16(24)22-13-7-11(18)4-5-12(13)19/h4-5,7-9,15H,2-3,6H2,1H3,(H,22,24)/t15-/m1/s1. The van der Waals surface area contributed by atoms with Gasteiger partial charge in [0.05, 0.1) is 22.6 Å². The molecule has 0 radical (unpaired) electrons. The van der Waals surface area contributed by atoms with E-state index < -0.39 is 6.04 Å². The van der Waals surface area contributed by atoms with Gasteiger partial charge in [0.25, 0.3) is 5.91 Å². The summed E-state index contributed by atoms with van der Waals surface area (Å²) in [6.07, 6.45) is 4.28. The van der Waals surface area contributed by atoms with Crippen molar-refractivity contribution in [1.29, 1.82) is 0 Å². The lowest BCUT2D eigenvalue weighted by Crippen LogP contribution is -2.43. The first-order chi connectivity index (χ1) is 12.0. The molecule has 3 rings (SSSR count). The van der Waals surface area contributed by atoms with Gasteiger partial charge in [-0.3, -0.25) is 14.6 Å². The van der Waals surface area contributed by atoms with Crippen LogP contribution >= 0.6 is 23.2 Å². The van der Waals surface area contributed by atoms with Gasteiger partial charge < -0.3 is 10.2 Å². The summed E-state index contributed by atoms with van der Waals surface area (Å²) >= 11 is 12.0. The number of likely N-dealkylation sites (tertiary alicyclic amines) is 1. The van der Waals surface area contributed by atoms with Crippen molar-refractivity contribution in [2.45, 2.75) is 25.8 Å². The Kier molecular flexibility index (Phi) is 5.20. The van der Waals surface area contributed by atoms with Gasteiger partial charge in [0, 0.05) is 17.8 Å². The summed E-state index contributed by atoms with van der Waals surface area (Å²) < 4.78 is 0. The second-order valence-electron chi connectivity index (χ2n) is 5.81. The van der Waals surface area contributed by atoms with Gasteiger partial charge in [-0.15, -0.1) is 0 Å². The van der Waals surface area contributed by atoms with Crippen LogP contribution in [0.2, 0.25) is 10.0 Å². The van der Waals surface area contributed by atoms with E-state index in [9.17, 15) is 9.59 Å². The number of nitrogens with zero attached hydrogens (tertiary/aromatic N) is 3. The molecule has 0 saturated carbocycles. The molecular weight excluding hydrogens is 363 g/mol. The molecule has 1 aliphatic heterocycles. The summed E-state index contributed by atoms with van der Waals surface area (Å²) in [5.74, 6) is -0.600. The number of halogens is 2. The Morgan fingerprint density at radius 3 is 2.76 bits per heavy atom. The molecule has 2 aromatic rings. The van der Waals surface area contributed by atoms with E-state index in [1.165, 1.54) is 17.3 Å². The first-order valence-electron chi connectivity index (χ1n) is 7.81. The molecule has 0 bridgehead atoms. The molecule has 8 heteroatoms. The highest BCUT2D eigenvalue weighted by Gasteiger charge is 2.35. The van der Waals surface area contributed by atoms with E-state index in [1.807, 2.05) is 0 Å². The second kappa shape index (κ2) is 7.37. The van der Waals surface area contributed by atoms with Crippen LogP contribution in [-0.2, 0) is 4.79 Å². The molecule has 1 aromatic heterocycles. The number of hydrogen-bond acceptors (Lipinski definition) is 4. The van der Waals surface area contributed by atoms with Crippen LogP contribution in [0.4, 0.5) is 5.69 Å². The number of aromatic nitrogens is 2. The number of rotatable bonds is 3. The van der Waals surface area contributed by atoms with Gasteiger partial charge in [-0.25, -0.2) is 4.98 Å². The Morgan fingerprint density at radius 2 is 2.04 bits per heavy atom. The van der Waals surface area contributed by atoms with Gasteiger partial charge in [0.2, 0.25) is 5.91 Å². The van der Waals surface area contributed by atoms with E-state index in [4.69, 9.17) is 23.2 Å².